The van der Waals surface area contributed by atoms with Crippen molar-refractivity contribution in [3.8, 4) is 11.5 Å². The molecule has 0 bridgehead atoms. The molecule has 132 valence electrons. The minimum atomic E-state index is -0.742. The molecule has 3 aromatic rings. The molecule has 1 N–H and O–H groups in total. The van der Waals surface area contributed by atoms with Crippen LogP contribution in [0.15, 0.2) is 51.7 Å². The lowest BCUT2D eigenvalue weighted by atomic mass is 10.1. The third-order valence-electron chi connectivity index (χ3n) is 4.37. The van der Waals surface area contributed by atoms with Gasteiger partial charge in [-0.15, -0.1) is 5.10 Å². The molecular weight excluding hydrogens is 337 g/mol. The van der Waals surface area contributed by atoms with Crippen LogP contribution in [0.3, 0.4) is 0 Å². The first-order valence-corrected chi connectivity index (χ1v) is 8.34. The summed E-state index contributed by atoms with van der Waals surface area (Å²) in [7, 11) is 0. The number of carbonyl (C=O) groups excluding carboxylic acids is 1. The van der Waals surface area contributed by atoms with Crippen molar-refractivity contribution in [3.63, 3.8) is 0 Å². The number of aryl methyl sites for hydroxylation is 2. The van der Waals surface area contributed by atoms with Crippen LogP contribution in [0.5, 0.6) is 0 Å². The number of aromatic nitrogens is 2. The van der Waals surface area contributed by atoms with Gasteiger partial charge < -0.3 is 9.73 Å². The molecule has 0 unspecified atom stereocenters. The first-order chi connectivity index (χ1) is 12.6. The lowest BCUT2D eigenvalue weighted by Crippen LogP contribution is -2.25. The van der Waals surface area contributed by atoms with Crippen LogP contribution in [0.2, 0.25) is 0 Å². The van der Waals surface area contributed by atoms with Crippen molar-refractivity contribution in [3.05, 3.63) is 70.0 Å². The molecule has 1 aliphatic rings. The highest BCUT2D eigenvalue weighted by atomic mass is 19.1. The molecule has 0 aliphatic heterocycles. The van der Waals surface area contributed by atoms with E-state index in [1.807, 2.05) is 18.2 Å². The second kappa shape index (κ2) is 6.59. The number of anilines is 1. The van der Waals surface area contributed by atoms with Crippen LogP contribution in [-0.4, -0.2) is 15.7 Å². The topological polar surface area (TPSA) is 77.1 Å². The molecule has 1 amide bonds. The summed E-state index contributed by atoms with van der Waals surface area (Å²) < 4.78 is 19.0. The number of benzene rings is 2. The molecule has 4 rings (SSSR count). The zero-order valence-corrected chi connectivity index (χ0v) is 13.9. The monoisotopic (exact) mass is 353 g/mol. The maximum Gasteiger partial charge on any atom is 0.437 e. The van der Waals surface area contributed by atoms with E-state index in [2.05, 4.69) is 10.4 Å². The van der Waals surface area contributed by atoms with E-state index < -0.39 is 11.6 Å². The van der Waals surface area contributed by atoms with Gasteiger partial charge in [-0.25, -0.2) is 9.18 Å². The van der Waals surface area contributed by atoms with Gasteiger partial charge in [-0.1, -0.05) is 6.07 Å². The van der Waals surface area contributed by atoms with Gasteiger partial charge in [0.2, 0.25) is 11.8 Å². The molecule has 0 saturated heterocycles. The summed E-state index contributed by atoms with van der Waals surface area (Å²) in [5, 5.41) is 6.78. The van der Waals surface area contributed by atoms with Crippen LogP contribution < -0.4 is 11.1 Å². The molecule has 0 fully saturated rings. The van der Waals surface area contributed by atoms with Crippen LogP contribution in [0, 0.1) is 5.82 Å². The van der Waals surface area contributed by atoms with Crippen molar-refractivity contribution in [2.75, 3.05) is 5.32 Å². The second-order valence-corrected chi connectivity index (χ2v) is 6.22. The van der Waals surface area contributed by atoms with Crippen molar-refractivity contribution in [2.24, 2.45) is 0 Å². The summed E-state index contributed by atoms with van der Waals surface area (Å²) in [6, 6.07) is 11.2. The standard InChI is InChI=1S/C19H16FN3O3/c20-15-7-4-13(5-8-15)18-22-23(19(25)26-18)11-17(24)21-16-9-6-12-2-1-3-14(12)10-16/h4-10H,1-3,11H2,(H,21,24). The van der Waals surface area contributed by atoms with Gasteiger partial charge >= 0.3 is 5.76 Å². The molecule has 0 saturated carbocycles. The molecule has 1 aromatic heterocycles. The predicted octanol–water partition coefficient (Wildman–Crippen LogP) is 2.77. The molecule has 0 spiro atoms. The summed E-state index contributed by atoms with van der Waals surface area (Å²) in [6.07, 6.45) is 3.22. The highest BCUT2D eigenvalue weighted by molar-refractivity contribution is 5.90. The maximum absolute atomic E-state index is 13.0. The van der Waals surface area contributed by atoms with E-state index in [1.54, 1.807) is 0 Å². The van der Waals surface area contributed by atoms with Crippen LogP contribution in [0.25, 0.3) is 11.5 Å². The number of nitrogens with zero attached hydrogens (tertiary/aromatic N) is 2. The predicted molar refractivity (Wildman–Crippen MR) is 93.3 cm³/mol. The van der Waals surface area contributed by atoms with E-state index >= 15 is 0 Å². The number of nitrogens with one attached hydrogen (secondary N) is 1. The fraction of sp³-hybridized carbons (Fsp3) is 0.211. The van der Waals surface area contributed by atoms with Gasteiger partial charge in [-0.05, 0) is 66.8 Å². The zero-order chi connectivity index (χ0) is 18.1. The summed E-state index contributed by atoms with van der Waals surface area (Å²) in [6.45, 7) is -0.263. The van der Waals surface area contributed by atoms with Crippen molar-refractivity contribution in [2.45, 2.75) is 25.8 Å². The number of fused-ring (bicyclic) bond motifs is 1. The number of halogens is 1. The minimum absolute atomic E-state index is 0.0420. The zero-order valence-electron chi connectivity index (χ0n) is 13.9. The fourth-order valence-electron chi connectivity index (χ4n) is 3.10. The summed E-state index contributed by atoms with van der Waals surface area (Å²) in [4.78, 5) is 24.1. The highest BCUT2D eigenvalue weighted by Gasteiger charge is 2.15. The van der Waals surface area contributed by atoms with E-state index in [1.165, 1.54) is 35.4 Å². The number of hydrogen-bond donors (Lipinski definition) is 1. The molecule has 1 aliphatic carbocycles. The molecule has 0 radical (unpaired) electrons. The van der Waals surface area contributed by atoms with Crippen LogP contribution in [-0.2, 0) is 24.2 Å². The first kappa shape index (κ1) is 16.3. The average Bonchev–Trinajstić information content (AvgIpc) is 3.22. The van der Waals surface area contributed by atoms with Gasteiger partial charge in [0.05, 0.1) is 0 Å². The Morgan fingerprint density at radius 2 is 1.92 bits per heavy atom. The Kier molecular flexibility index (Phi) is 4.12. The Bertz CT molecular complexity index is 1020. The normalized spacial score (nSPS) is 12.8. The molecular formula is C19H16FN3O3. The van der Waals surface area contributed by atoms with E-state index in [4.69, 9.17) is 4.42 Å². The molecule has 6 nitrogen and oxygen atoms in total. The quantitative estimate of drug-likeness (QED) is 0.782. The lowest BCUT2D eigenvalue weighted by Gasteiger charge is -2.07. The third kappa shape index (κ3) is 3.28. The molecule has 2 aromatic carbocycles. The van der Waals surface area contributed by atoms with Crippen molar-refractivity contribution in [1.82, 2.24) is 9.78 Å². The second-order valence-electron chi connectivity index (χ2n) is 6.22. The highest BCUT2D eigenvalue weighted by Crippen LogP contribution is 2.24. The van der Waals surface area contributed by atoms with Gasteiger partial charge in [-0.2, -0.15) is 4.68 Å². The Morgan fingerprint density at radius 3 is 2.73 bits per heavy atom. The van der Waals surface area contributed by atoms with Crippen molar-refractivity contribution < 1.29 is 13.6 Å². The number of carbonyl (C=O) groups is 1. The largest absolute Gasteiger partial charge is 0.437 e. The smallest absolute Gasteiger partial charge is 0.388 e. The van der Waals surface area contributed by atoms with Crippen LogP contribution in [0.4, 0.5) is 10.1 Å². The van der Waals surface area contributed by atoms with Crippen molar-refractivity contribution in [1.29, 1.82) is 0 Å². The van der Waals surface area contributed by atoms with Gasteiger partial charge in [0, 0.05) is 11.3 Å². The number of rotatable bonds is 4. The lowest BCUT2D eigenvalue weighted by molar-refractivity contribution is -0.117. The number of amides is 1. The maximum atomic E-state index is 13.0. The van der Waals surface area contributed by atoms with E-state index in [0.29, 0.717) is 11.3 Å². The summed E-state index contributed by atoms with van der Waals surface area (Å²) in [5.74, 6) is -1.47. The van der Waals surface area contributed by atoms with Gasteiger partial charge in [-0.3, -0.25) is 4.79 Å². The van der Waals surface area contributed by atoms with Gasteiger partial charge in [0.1, 0.15) is 12.4 Å². The Hall–Kier alpha value is -3.22. The fourth-order valence-corrected chi connectivity index (χ4v) is 3.10. The Labute approximate surface area is 148 Å². The Balaban J connectivity index is 1.48. The van der Waals surface area contributed by atoms with Crippen molar-refractivity contribution >= 4 is 11.6 Å². The Morgan fingerprint density at radius 1 is 1.15 bits per heavy atom. The third-order valence-corrected chi connectivity index (χ3v) is 4.37. The first-order valence-electron chi connectivity index (χ1n) is 8.34. The molecule has 0 atom stereocenters. The van der Waals surface area contributed by atoms with Crippen LogP contribution >= 0.6 is 0 Å². The molecule has 26 heavy (non-hydrogen) atoms. The average molecular weight is 353 g/mol. The summed E-state index contributed by atoms with van der Waals surface area (Å²) in [5.41, 5.74) is 3.73. The van der Waals surface area contributed by atoms with Gasteiger partial charge in [0.15, 0.2) is 0 Å². The van der Waals surface area contributed by atoms with E-state index in [0.717, 1.165) is 23.9 Å². The molecule has 7 heteroatoms. The van der Waals surface area contributed by atoms with Gasteiger partial charge in [0.25, 0.3) is 0 Å². The SMILES string of the molecule is O=C(Cn1nc(-c2ccc(F)cc2)oc1=O)Nc1ccc2c(c1)CCC2. The summed E-state index contributed by atoms with van der Waals surface area (Å²) >= 11 is 0. The minimum Gasteiger partial charge on any atom is -0.388 e. The van der Waals surface area contributed by atoms with E-state index in [9.17, 15) is 14.0 Å². The number of hydrogen-bond acceptors (Lipinski definition) is 4. The van der Waals surface area contributed by atoms with Crippen LogP contribution in [0.1, 0.15) is 17.5 Å². The molecule has 1 heterocycles. The van der Waals surface area contributed by atoms with E-state index in [-0.39, 0.29) is 18.3 Å².